The van der Waals surface area contributed by atoms with Gasteiger partial charge in [0.1, 0.15) is 5.82 Å². The Morgan fingerprint density at radius 2 is 1.84 bits per heavy atom. The highest BCUT2D eigenvalue weighted by molar-refractivity contribution is 7.89. The summed E-state index contributed by atoms with van der Waals surface area (Å²) in [4.78, 5) is 12.2. The molecule has 0 spiro atoms. The van der Waals surface area contributed by atoms with Gasteiger partial charge in [-0.25, -0.2) is 17.5 Å². The molecule has 3 atom stereocenters. The highest BCUT2D eigenvalue weighted by atomic mass is 35.5. The van der Waals surface area contributed by atoms with Gasteiger partial charge in [0.05, 0.1) is 46.2 Å². The van der Waals surface area contributed by atoms with E-state index in [2.05, 4.69) is 10.0 Å². The molecule has 0 bridgehead atoms. The Labute approximate surface area is 195 Å². The van der Waals surface area contributed by atoms with Crippen LogP contribution in [0, 0.1) is 5.82 Å². The van der Waals surface area contributed by atoms with Crippen molar-refractivity contribution in [2.45, 2.75) is 49.0 Å². The highest BCUT2D eigenvalue weighted by Crippen LogP contribution is 2.24. The molecule has 0 saturated carbocycles. The van der Waals surface area contributed by atoms with Gasteiger partial charge >= 0.3 is 0 Å². The largest absolute Gasteiger partial charge is 0.394 e. The molecule has 0 radical (unpaired) electrons. The number of halogens is 3. The molecule has 1 heterocycles. The fraction of sp³-hybridized carbons (Fsp3) is 0.381. The first kappa shape index (κ1) is 24.9. The Kier molecular flexibility index (Phi) is 8.49. The molecular formula is C21H23Cl2FN2O5S. The van der Waals surface area contributed by atoms with Crippen LogP contribution in [0.1, 0.15) is 24.8 Å². The Balaban J connectivity index is 1.52. The molecular weight excluding hydrogens is 482 g/mol. The molecule has 11 heteroatoms. The van der Waals surface area contributed by atoms with E-state index in [1.807, 2.05) is 0 Å². The molecule has 32 heavy (non-hydrogen) atoms. The molecule has 7 nitrogen and oxygen atoms in total. The average molecular weight is 505 g/mol. The summed E-state index contributed by atoms with van der Waals surface area (Å²) in [5.41, 5.74) is 0.792. The van der Waals surface area contributed by atoms with E-state index in [-0.39, 0.29) is 23.8 Å². The molecule has 3 N–H and O–H groups in total. The number of ether oxygens (including phenoxy) is 1. The maximum atomic E-state index is 13.1. The predicted molar refractivity (Wildman–Crippen MR) is 118 cm³/mol. The van der Waals surface area contributed by atoms with Gasteiger partial charge in [-0.3, -0.25) is 4.79 Å². The van der Waals surface area contributed by atoms with E-state index < -0.39 is 40.7 Å². The molecule has 174 valence electrons. The van der Waals surface area contributed by atoms with Crippen molar-refractivity contribution < 1.29 is 27.4 Å². The van der Waals surface area contributed by atoms with Crippen LogP contribution in [0.4, 0.5) is 4.39 Å². The molecule has 1 aliphatic rings. The molecule has 3 rings (SSSR count). The van der Waals surface area contributed by atoms with Crippen molar-refractivity contribution >= 4 is 39.1 Å². The smallest absolute Gasteiger partial charge is 0.240 e. The van der Waals surface area contributed by atoms with Crippen molar-refractivity contribution in [3.8, 4) is 0 Å². The summed E-state index contributed by atoms with van der Waals surface area (Å²) in [6.45, 7) is -0.149. The maximum Gasteiger partial charge on any atom is 0.240 e. The summed E-state index contributed by atoms with van der Waals surface area (Å²) in [7, 11) is -3.91. The molecule has 1 fully saturated rings. The zero-order valence-electron chi connectivity index (χ0n) is 16.9. The maximum absolute atomic E-state index is 13.1. The van der Waals surface area contributed by atoms with Crippen LogP contribution in [0.15, 0.2) is 47.4 Å². The second-order valence-corrected chi connectivity index (χ2v) is 10.00. The van der Waals surface area contributed by atoms with Crippen molar-refractivity contribution in [1.29, 1.82) is 0 Å². The van der Waals surface area contributed by atoms with Crippen LogP contribution in [0.2, 0.25) is 10.0 Å². The lowest BCUT2D eigenvalue weighted by atomic mass is 9.98. The first-order valence-corrected chi connectivity index (χ1v) is 12.2. The molecule has 1 saturated heterocycles. The van der Waals surface area contributed by atoms with E-state index in [1.54, 1.807) is 18.2 Å². The number of carbonyl (C=O) groups is 1. The standard InChI is InChI=1S/C21H23Cl2FN2O5S/c22-17-7-1-13(9-18(17)23)11-25-21(28)10-15-4-8-19(20(12-27)31-15)26-32(29,30)16-5-2-14(24)3-6-16/h1-3,5-7,9,15,19-20,26-27H,4,8,10-12H2,(H,25,28)/t15-,19-,20+/m0/s1. The number of sulfonamides is 1. The first-order chi connectivity index (χ1) is 15.2. The zero-order chi connectivity index (χ0) is 23.3. The van der Waals surface area contributed by atoms with Gasteiger partial charge in [0.25, 0.3) is 0 Å². The van der Waals surface area contributed by atoms with Gasteiger partial charge in [-0.1, -0.05) is 29.3 Å². The lowest BCUT2D eigenvalue weighted by Crippen LogP contribution is -2.51. The predicted octanol–water partition coefficient (Wildman–Crippen LogP) is 3.03. The number of aliphatic hydroxyl groups is 1. The third kappa shape index (κ3) is 6.63. The average Bonchev–Trinajstić information content (AvgIpc) is 2.75. The number of aliphatic hydroxyl groups excluding tert-OH is 1. The second-order valence-electron chi connectivity index (χ2n) is 7.47. The number of nitrogens with one attached hydrogen (secondary N) is 2. The number of carbonyl (C=O) groups excluding carboxylic acids is 1. The summed E-state index contributed by atoms with van der Waals surface area (Å²) in [5, 5.41) is 13.3. The molecule has 2 aromatic rings. The number of benzene rings is 2. The number of amides is 1. The Morgan fingerprint density at radius 1 is 1.12 bits per heavy atom. The monoisotopic (exact) mass is 504 g/mol. The van der Waals surface area contributed by atoms with Crippen molar-refractivity contribution in [1.82, 2.24) is 10.0 Å². The van der Waals surface area contributed by atoms with Crippen LogP contribution in [0.25, 0.3) is 0 Å². The van der Waals surface area contributed by atoms with Crippen LogP contribution >= 0.6 is 23.2 Å². The van der Waals surface area contributed by atoms with Gasteiger partial charge < -0.3 is 15.2 Å². The van der Waals surface area contributed by atoms with Crippen LogP contribution in [0.3, 0.4) is 0 Å². The Bertz CT molecular complexity index is 1050. The molecule has 0 aromatic heterocycles. The van der Waals surface area contributed by atoms with Gasteiger partial charge in [-0.2, -0.15) is 0 Å². The third-order valence-corrected chi connectivity index (χ3v) is 7.36. The normalized spacial score (nSPS) is 21.3. The topological polar surface area (TPSA) is 105 Å². The van der Waals surface area contributed by atoms with Crippen LogP contribution in [-0.2, 0) is 26.1 Å². The Hall–Kier alpha value is -1.75. The quantitative estimate of drug-likeness (QED) is 0.512. The molecule has 0 unspecified atom stereocenters. The van der Waals surface area contributed by atoms with E-state index in [1.165, 1.54) is 0 Å². The molecule has 1 amide bonds. The SMILES string of the molecule is O=C(C[C@@H]1CC[C@H](NS(=O)(=O)c2ccc(F)cc2)[C@@H](CO)O1)NCc1ccc(Cl)c(Cl)c1. The van der Waals surface area contributed by atoms with Crippen LogP contribution < -0.4 is 10.0 Å². The summed E-state index contributed by atoms with van der Waals surface area (Å²) in [6.07, 6.45) is -0.418. The van der Waals surface area contributed by atoms with E-state index in [4.69, 9.17) is 27.9 Å². The van der Waals surface area contributed by atoms with E-state index in [9.17, 15) is 22.7 Å². The second kappa shape index (κ2) is 10.9. The van der Waals surface area contributed by atoms with Crippen LogP contribution in [-0.4, -0.2) is 44.3 Å². The number of hydrogen-bond donors (Lipinski definition) is 3. The van der Waals surface area contributed by atoms with E-state index >= 15 is 0 Å². The van der Waals surface area contributed by atoms with E-state index in [0.717, 1.165) is 29.8 Å². The van der Waals surface area contributed by atoms with Crippen molar-refractivity contribution in [3.05, 3.63) is 63.9 Å². The van der Waals surface area contributed by atoms with Gasteiger partial charge in [0.15, 0.2) is 0 Å². The minimum atomic E-state index is -3.91. The fourth-order valence-electron chi connectivity index (χ4n) is 3.43. The van der Waals surface area contributed by atoms with Crippen molar-refractivity contribution in [2.24, 2.45) is 0 Å². The van der Waals surface area contributed by atoms with E-state index in [0.29, 0.717) is 22.9 Å². The summed E-state index contributed by atoms with van der Waals surface area (Å²) in [6, 6.07) is 8.84. The van der Waals surface area contributed by atoms with Gasteiger partial charge in [-0.05, 0) is 54.8 Å². The molecule has 0 aliphatic carbocycles. The minimum absolute atomic E-state index is 0.0647. The lowest BCUT2D eigenvalue weighted by Gasteiger charge is -2.35. The third-order valence-electron chi connectivity index (χ3n) is 5.11. The molecule has 2 aromatic carbocycles. The highest BCUT2D eigenvalue weighted by Gasteiger charge is 2.34. The number of rotatable bonds is 8. The minimum Gasteiger partial charge on any atom is -0.394 e. The molecule has 1 aliphatic heterocycles. The fourth-order valence-corrected chi connectivity index (χ4v) is 5.05. The van der Waals surface area contributed by atoms with Gasteiger partial charge in [0, 0.05) is 6.54 Å². The lowest BCUT2D eigenvalue weighted by molar-refractivity contribution is -0.130. The van der Waals surface area contributed by atoms with Crippen molar-refractivity contribution in [2.75, 3.05) is 6.61 Å². The van der Waals surface area contributed by atoms with Gasteiger partial charge in [-0.15, -0.1) is 0 Å². The Morgan fingerprint density at radius 3 is 2.50 bits per heavy atom. The van der Waals surface area contributed by atoms with Gasteiger partial charge in [0.2, 0.25) is 15.9 Å². The first-order valence-electron chi connectivity index (χ1n) is 9.93. The summed E-state index contributed by atoms with van der Waals surface area (Å²) in [5.74, 6) is -0.790. The summed E-state index contributed by atoms with van der Waals surface area (Å²) < 4.78 is 46.4. The zero-order valence-corrected chi connectivity index (χ0v) is 19.3. The number of hydrogen-bond acceptors (Lipinski definition) is 5. The summed E-state index contributed by atoms with van der Waals surface area (Å²) >= 11 is 11.8. The van der Waals surface area contributed by atoms with Crippen LogP contribution in [0.5, 0.6) is 0 Å². The van der Waals surface area contributed by atoms with Crippen molar-refractivity contribution in [3.63, 3.8) is 0 Å².